The molecule has 0 spiro atoms. The topological polar surface area (TPSA) is 149 Å². The van der Waals surface area contributed by atoms with Crippen molar-refractivity contribution in [3.8, 4) is 0 Å². The highest BCUT2D eigenvalue weighted by Crippen LogP contribution is 2.43. The third-order valence-electron chi connectivity index (χ3n) is 7.76. The summed E-state index contributed by atoms with van der Waals surface area (Å²) >= 11 is 0. The van der Waals surface area contributed by atoms with Gasteiger partial charge >= 0.3 is 19.8 Å². The summed E-state index contributed by atoms with van der Waals surface area (Å²) in [6.07, 6.45) is 23.6. The molecule has 0 amide bonds. The van der Waals surface area contributed by atoms with E-state index in [0.29, 0.717) is 12.8 Å². The standard InChI is InChI=1S/C34H67O10P/c1-3-5-7-9-11-13-15-17-19-21-23-25-33(37)41-29-32(30-43-45(39,40)42-28-31(36)27-35)44-34(38)26-24-22-20-18-16-14-12-10-8-6-4-2/h31-32,35-36H,3-30H2,1-2H3,(H,39,40)/t31-,32-/m0/s1. The summed E-state index contributed by atoms with van der Waals surface area (Å²) in [4.78, 5) is 34.7. The highest BCUT2D eigenvalue weighted by atomic mass is 31.2. The van der Waals surface area contributed by atoms with Crippen LogP contribution in [0.15, 0.2) is 0 Å². The maximum Gasteiger partial charge on any atom is 0.472 e. The number of carbonyl (C=O) groups excluding carboxylic acids is 2. The van der Waals surface area contributed by atoms with Gasteiger partial charge in [-0.2, -0.15) is 0 Å². The summed E-state index contributed by atoms with van der Waals surface area (Å²) in [5.41, 5.74) is 0. The molecule has 0 aliphatic heterocycles. The zero-order valence-electron chi connectivity index (χ0n) is 28.6. The Kier molecular flexibility index (Phi) is 30.8. The van der Waals surface area contributed by atoms with Crippen LogP contribution in [0.4, 0.5) is 0 Å². The Bertz CT molecular complexity index is 736. The van der Waals surface area contributed by atoms with Crippen LogP contribution < -0.4 is 0 Å². The number of rotatable bonds is 34. The number of esters is 2. The number of phosphoric ester groups is 1. The minimum Gasteiger partial charge on any atom is -0.462 e. The van der Waals surface area contributed by atoms with Gasteiger partial charge in [-0.1, -0.05) is 142 Å². The molecule has 0 radical (unpaired) electrons. The maximum atomic E-state index is 12.5. The van der Waals surface area contributed by atoms with Gasteiger partial charge in [-0.15, -0.1) is 0 Å². The lowest BCUT2D eigenvalue weighted by Crippen LogP contribution is -2.29. The van der Waals surface area contributed by atoms with E-state index in [0.717, 1.165) is 38.5 Å². The van der Waals surface area contributed by atoms with E-state index in [9.17, 15) is 24.2 Å². The molecule has 0 aromatic heterocycles. The first-order valence-electron chi connectivity index (χ1n) is 18.0. The molecule has 3 atom stereocenters. The molecular formula is C34H67O10P. The third-order valence-corrected chi connectivity index (χ3v) is 8.71. The Labute approximate surface area is 273 Å². The van der Waals surface area contributed by atoms with Crippen molar-refractivity contribution in [3.05, 3.63) is 0 Å². The monoisotopic (exact) mass is 666 g/mol. The van der Waals surface area contributed by atoms with E-state index in [4.69, 9.17) is 19.1 Å². The highest BCUT2D eigenvalue weighted by Gasteiger charge is 2.27. The lowest BCUT2D eigenvalue weighted by Gasteiger charge is -2.20. The van der Waals surface area contributed by atoms with Crippen molar-refractivity contribution < 1.29 is 47.8 Å². The molecule has 0 heterocycles. The smallest absolute Gasteiger partial charge is 0.462 e. The van der Waals surface area contributed by atoms with Gasteiger partial charge in [-0.05, 0) is 12.8 Å². The second-order valence-electron chi connectivity index (χ2n) is 12.3. The summed E-state index contributed by atoms with van der Waals surface area (Å²) in [5, 5.41) is 18.2. The van der Waals surface area contributed by atoms with Gasteiger partial charge in [0.1, 0.15) is 12.7 Å². The molecule has 0 aliphatic rings. The molecule has 11 heteroatoms. The Balaban J connectivity index is 4.39. The minimum absolute atomic E-state index is 0.191. The molecule has 0 rings (SSSR count). The summed E-state index contributed by atoms with van der Waals surface area (Å²) in [6, 6.07) is 0. The number of aliphatic hydroxyl groups excluding tert-OH is 2. The van der Waals surface area contributed by atoms with Crippen LogP contribution in [0.5, 0.6) is 0 Å². The first-order chi connectivity index (χ1) is 21.7. The molecule has 0 aliphatic carbocycles. The number of phosphoric acid groups is 1. The molecule has 268 valence electrons. The van der Waals surface area contributed by atoms with Crippen molar-refractivity contribution in [3.63, 3.8) is 0 Å². The molecule has 1 unspecified atom stereocenters. The van der Waals surface area contributed by atoms with Gasteiger partial charge in [0.25, 0.3) is 0 Å². The number of hydrogen-bond donors (Lipinski definition) is 3. The average molecular weight is 667 g/mol. The molecule has 0 aromatic rings. The molecular weight excluding hydrogens is 599 g/mol. The summed E-state index contributed by atoms with van der Waals surface area (Å²) < 4.78 is 32.5. The SMILES string of the molecule is CCCCCCCCCCCCCC(=O)OC[C@@H](COP(=O)(O)OC[C@@H](O)CO)OC(=O)CCCCCCCCCCCCC. The number of hydrogen-bond acceptors (Lipinski definition) is 9. The largest absolute Gasteiger partial charge is 0.472 e. The van der Waals surface area contributed by atoms with E-state index < -0.39 is 51.8 Å². The summed E-state index contributed by atoms with van der Waals surface area (Å²) in [7, 11) is -4.60. The Morgan fingerprint density at radius 2 is 0.956 bits per heavy atom. The zero-order valence-corrected chi connectivity index (χ0v) is 29.5. The van der Waals surface area contributed by atoms with E-state index in [2.05, 4.69) is 18.4 Å². The van der Waals surface area contributed by atoms with Crippen molar-refractivity contribution >= 4 is 19.8 Å². The Morgan fingerprint density at radius 3 is 1.38 bits per heavy atom. The van der Waals surface area contributed by atoms with Crippen LogP contribution in [0, 0.1) is 0 Å². The van der Waals surface area contributed by atoms with Gasteiger partial charge < -0.3 is 24.6 Å². The van der Waals surface area contributed by atoms with E-state index in [1.165, 1.54) is 89.9 Å². The fourth-order valence-corrected chi connectivity index (χ4v) is 5.72. The van der Waals surface area contributed by atoms with Crippen LogP contribution in [0.1, 0.15) is 168 Å². The van der Waals surface area contributed by atoms with Crippen LogP contribution in [-0.4, -0.2) is 65.7 Å². The number of ether oxygens (including phenoxy) is 2. The van der Waals surface area contributed by atoms with E-state index in [-0.39, 0.29) is 19.4 Å². The quantitative estimate of drug-likeness (QED) is 0.0348. The average Bonchev–Trinajstić information content (AvgIpc) is 3.02. The lowest BCUT2D eigenvalue weighted by molar-refractivity contribution is -0.161. The van der Waals surface area contributed by atoms with Crippen LogP contribution >= 0.6 is 7.82 Å². The van der Waals surface area contributed by atoms with E-state index in [1.54, 1.807) is 0 Å². The normalized spacial score (nSPS) is 14.2. The fraction of sp³-hybridized carbons (Fsp3) is 0.941. The number of carbonyl (C=O) groups is 2. The van der Waals surface area contributed by atoms with Crippen molar-refractivity contribution in [2.75, 3.05) is 26.4 Å². The third kappa shape index (κ3) is 31.3. The van der Waals surface area contributed by atoms with Crippen molar-refractivity contribution in [1.29, 1.82) is 0 Å². The van der Waals surface area contributed by atoms with Crippen LogP contribution in [0.2, 0.25) is 0 Å². The molecule has 0 fully saturated rings. The molecule has 45 heavy (non-hydrogen) atoms. The molecule has 3 N–H and O–H groups in total. The summed E-state index contributed by atoms with van der Waals surface area (Å²) in [5.74, 6) is -0.919. The fourth-order valence-electron chi connectivity index (χ4n) is 4.93. The number of aliphatic hydroxyl groups is 2. The van der Waals surface area contributed by atoms with Crippen molar-refractivity contribution in [2.45, 2.75) is 180 Å². The molecule has 0 saturated heterocycles. The number of unbranched alkanes of at least 4 members (excludes halogenated alkanes) is 20. The van der Waals surface area contributed by atoms with Crippen LogP contribution in [-0.2, 0) is 32.7 Å². The van der Waals surface area contributed by atoms with Gasteiger partial charge in [-0.25, -0.2) is 4.57 Å². The van der Waals surface area contributed by atoms with Gasteiger partial charge in [0.05, 0.1) is 19.8 Å². The predicted octanol–water partition coefficient (Wildman–Crippen LogP) is 8.33. The maximum absolute atomic E-state index is 12.5. The van der Waals surface area contributed by atoms with Gasteiger partial charge in [-0.3, -0.25) is 18.6 Å². The van der Waals surface area contributed by atoms with Gasteiger partial charge in [0.15, 0.2) is 6.10 Å². The van der Waals surface area contributed by atoms with E-state index in [1.807, 2.05) is 0 Å². The Morgan fingerprint density at radius 1 is 0.578 bits per heavy atom. The zero-order chi connectivity index (χ0) is 33.4. The van der Waals surface area contributed by atoms with E-state index >= 15 is 0 Å². The van der Waals surface area contributed by atoms with Crippen LogP contribution in [0.25, 0.3) is 0 Å². The first kappa shape index (κ1) is 44.0. The van der Waals surface area contributed by atoms with Gasteiger partial charge in [0.2, 0.25) is 0 Å². The van der Waals surface area contributed by atoms with Crippen LogP contribution in [0.3, 0.4) is 0 Å². The van der Waals surface area contributed by atoms with Gasteiger partial charge in [0, 0.05) is 12.8 Å². The predicted molar refractivity (Wildman–Crippen MR) is 178 cm³/mol. The first-order valence-corrected chi connectivity index (χ1v) is 19.5. The molecule has 0 aromatic carbocycles. The second-order valence-corrected chi connectivity index (χ2v) is 13.7. The molecule has 0 saturated carbocycles. The van der Waals surface area contributed by atoms with Crippen molar-refractivity contribution in [1.82, 2.24) is 0 Å². The molecule has 10 nitrogen and oxygen atoms in total. The minimum atomic E-state index is -4.60. The Hall–Kier alpha value is -1.03. The lowest BCUT2D eigenvalue weighted by atomic mass is 10.1. The van der Waals surface area contributed by atoms with Crippen molar-refractivity contribution in [2.24, 2.45) is 0 Å². The summed E-state index contributed by atoms with van der Waals surface area (Å²) in [6.45, 7) is 2.35. The highest BCUT2D eigenvalue weighted by molar-refractivity contribution is 7.47. The molecule has 0 bridgehead atoms. The second kappa shape index (κ2) is 31.6.